The van der Waals surface area contributed by atoms with Crippen molar-refractivity contribution >= 4 is 30.9 Å². The van der Waals surface area contributed by atoms with Gasteiger partial charge in [-0.05, 0) is 30.4 Å². The van der Waals surface area contributed by atoms with Crippen molar-refractivity contribution in [3.8, 4) is 0 Å². The van der Waals surface area contributed by atoms with Gasteiger partial charge in [0.15, 0.2) is 6.49 Å². The monoisotopic (exact) mass is 228 g/mol. The highest BCUT2D eigenvalue weighted by atomic mass is 32.5. The van der Waals surface area contributed by atoms with Crippen LogP contribution in [0.3, 0.4) is 0 Å². The standard InChI is InChI=1S/C7H17O2PS2/c1-10(8,12)9-6-4-2-3-5-7-11/h11H,2-7H2,1H3,(H,8,12). The molecule has 0 amide bonds. The van der Waals surface area contributed by atoms with Gasteiger partial charge in [-0.2, -0.15) is 12.6 Å². The fraction of sp³-hybridized carbons (Fsp3) is 1.00. The smallest absolute Gasteiger partial charge is 0.183 e. The molecule has 0 spiro atoms. The number of unbranched alkanes of at least 4 members (excludes halogenated alkanes) is 3. The summed E-state index contributed by atoms with van der Waals surface area (Å²) < 4.78 is 5.07. The average molecular weight is 228 g/mol. The molecule has 0 bridgehead atoms. The van der Waals surface area contributed by atoms with Crippen LogP contribution in [0.5, 0.6) is 0 Å². The van der Waals surface area contributed by atoms with Gasteiger partial charge in [-0.15, -0.1) is 0 Å². The van der Waals surface area contributed by atoms with Crippen molar-refractivity contribution in [2.45, 2.75) is 25.7 Å². The van der Waals surface area contributed by atoms with Crippen LogP contribution >= 0.6 is 19.1 Å². The lowest BCUT2D eigenvalue weighted by Crippen LogP contribution is -1.91. The van der Waals surface area contributed by atoms with E-state index in [0.29, 0.717) is 6.61 Å². The van der Waals surface area contributed by atoms with Gasteiger partial charge in [0.1, 0.15) is 0 Å². The maximum Gasteiger partial charge on any atom is 0.183 e. The molecule has 1 N–H and O–H groups in total. The van der Waals surface area contributed by atoms with Crippen LogP contribution in [-0.4, -0.2) is 23.9 Å². The molecule has 0 aliphatic heterocycles. The molecule has 74 valence electrons. The van der Waals surface area contributed by atoms with E-state index in [0.717, 1.165) is 25.0 Å². The first kappa shape index (κ1) is 12.9. The number of hydrogen-bond acceptors (Lipinski definition) is 3. The predicted octanol–water partition coefficient (Wildman–Crippen LogP) is 2.42. The summed E-state index contributed by atoms with van der Waals surface area (Å²) >= 11 is 8.83. The second-order valence-corrected chi connectivity index (χ2v) is 7.12. The Bertz CT molecular complexity index is 146. The topological polar surface area (TPSA) is 29.5 Å². The van der Waals surface area contributed by atoms with Crippen LogP contribution in [0, 0.1) is 0 Å². The van der Waals surface area contributed by atoms with E-state index in [1.54, 1.807) is 6.66 Å². The van der Waals surface area contributed by atoms with Gasteiger partial charge in [-0.25, -0.2) is 0 Å². The molecule has 12 heavy (non-hydrogen) atoms. The third-order valence-corrected chi connectivity index (χ3v) is 2.68. The van der Waals surface area contributed by atoms with Crippen molar-refractivity contribution in [3.05, 3.63) is 0 Å². The Labute approximate surface area is 85.3 Å². The van der Waals surface area contributed by atoms with Gasteiger partial charge >= 0.3 is 0 Å². The Morgan fingerprint density at radius 1 is 1.33 bits per heavy atom. The fourth-order valence-corrected chi connectivity index (χ4v) is 1.72. The zero-order valence-electron chi connectivity index (χ0n) is 7.40. The maximum absolute atomic E-state index is 9.11. The van der Waals surface area contributed by atoms with Crippen molar-refractivity contribution in [2.75, 3.05) is 19.0 Å². The van der Waals surface area contributed by atoms with Crippen LogP contribution in [0.15, 0.2) is 0 Å². The van der Waals surface area contributed by atoms with Gasteiger partial charge in [0.2, 0.25) is 0 Å². The molecule has 0 aliphatic carbocycles. The molecule has 0 fully saturated rings. The van der Waals surface area contributed by atoms with Crippen molar-refractivity contribution < 1.29 is 9.42 Å². The largest absolute Gasteiger partial charge is 0.345 e. The Hall–Kier alpha value is 0.920. The highest BCUT2D eigenvalue weighted by molar-refractivity contribution is 8.09. The van der Waals surface area contributed by atoms with Gasteiger partial charge in [-0.1, -0.05) is 12.8 Å². The minimum Gasteiger partial charge on any atom is -0.345 e. The van der Waals surface area contributed by atoms with Crippen LogP contribution in [0.4, 0.5) is 0 Å². The molecule has 2 nitrogen and oxygen atoms in total. The normalized spacial score (nSPS) is 15.9. The predicted molar refractivity (Wildman–Crippen MR) is 60.7 cm³/mol. The molecule has 0 saturated carbocycles. The van der Waals surface area contributed by atoms with Gasteiger partial charge in [0, 0.05) is 6.66 Å². The van der Waals surface area contributed by atoms with Crippen LogP contribution < -0.4 is 0 Å². The first-order chi connectivity index (χ1) is 5.56. The van der Waals surface area contributed by atoms with Crippen LogP contribution in [-0.2, 0) is 16.3 Å². The Kier molecular flexibility index (Phi) is 7.90. The fourth-order valence-electron chi connectivity index (χ4n) is 0.801. The lowest BCUT2D eigenvalue weighted by Gasteiger charge is -2.09. The van der Waals surface area contributed by atoms with Crippen LogP contribution in [0.2, 0.25) is 0 Å². The molecule has 0 aliphatic rings. The summed E-state index contributed by atoms with van der Waals surface area (Å²) in [7, 11) is 0. The maximum atomic E-state index is 9.11. The van der Waals surface area contributed by atoms with Crippen LogP contribution in [0.1, 0.15) is 25.7 Å². The number of hydrogen-bond donors (Lipinski definition) is 2. The minimum absolute atomic E-state index is 0.594. The van der Waals surface area contributed by atoms with Crippen molar-refractivity contribution in [1.29, 1.82) is 0 Å². The minimum atomic E-state index is -2.40. The molecule has 1 unspecified atom stereocenters. The van der Waals surface area contributed by atoms with Crippen molar-refractivity contribution in [3.63, 3.8) is 0 Å². The molecular formula is C7H17O2PS2. The van der Waals surface area contributed by atoms with Gasteiger partial charge < -0.3 is 9.42 Å². The van der Waals surface area contributed by atoms with E-state index in [4.69, 9.17) is 21.2 Å². The second-order valence-electron chi connectivity index (χ2n) is 2.77. The SMILES string of the molecule is CP(O)(=S)OCCCCCCS. The van der Waals surface area contributed by atoms with Crippen molar-refractivity contribution in [1.82, 2.24) is 0 Å². The summed E-state index contributed by atoms with van der Waals surface area (Å²) in [5.41, 5.74) is 0. The second kappa shape index (κ2) is 7.34. The van der Waals surface area contributed by atoms with E-state index < -0.39 is 6.49 Å². The molecule has 0 radical (unpaired) electrons. The van der Waals surface area contributed by atoms with Gasteiger partial charge in [0.25, 0.3) is 0 Å². The summed E-state index contributed by atoms with van der Waals surface area (Å²) in [4.78, 5) is 9.11. The lowest BCUT2D eigenvalue weighted by atomic mass is 10.2. The Morgan fingerprint density at radius 2 is 1.92 bits per heavy atom. The van der Waals surface area contributed by atoms with Gasteiger partial charge in [0.05, 0.1) is 6.61 Å². The summed E-state index contributed by atoms with van der Waals surface area (Å²) in [6.07, 6.45) is 4.46. The Balaban J connectivity index is 3.06. The van der Waals surface area contributed by atoms with E-state index in [2.05, 4.69) is 12.6 Å². The molecular weight excluding hydrogens is 211 g/mol. The lowest BCUT2D eigenvalue weighted by molar-refractivity contribution is 0.300. The number of rotatable bonds is 7. The van der Waals surface area contributed by atoms with E-state index >= 15 is 0 Å². The average Bonchev–Trinajstić information content (AvgIpc) is 1.94. The van der Waals surface area contributed by atoms with E-state index in [1.165, 1.54) is 6.42 Å². The van der Waals surface area contributed by atoms with Crippen LogP contribution in [0.25, 0.3) is 0 Å². The highest BCUT2D eigenvalue weighted by Crippen LogP contribution is 2.37. The molecule has 0 aromatic rings. The summed E-state index contributed by atoms with van der Waals surface area (Å²) in [6.45, 7) is -0.230. The quantitative estimate of drug-likeness (QED) is 0.398. The van der Waals surface area contributed by atoms with E-state index in [1.807, 2.05) is 0 Å². The Morgan fingerprint density at radius 3 is 2.42 bits per heavy atom. The third kappa shape index (κ3) is 10.9. The third-order valence-electron chi connectivity index (χ3n) is 1.38. The first-order valence-electron chi connectivity index (χ1n) is 4.12. The van der Waals surface area contributed by atoms with Gasteiger partial charge in [-0.3, -0.25) is 0 Å². The highest BCUT2D eigenvalue weighted by Gasteiger charge is 2.02. The molecule has 0 rings (SSSR count). The zero-order chi connectivity index (χ0) is 9.45. The summed E-state index contributed by atoms with van der Waals surface area (Å²) in [5.74, 6) is 0.951. The molecule has 0 heterocycles. The van der Waals surface area contributed by atoms with E-state index in [9.17, 15) is 0 Å². The molecule has 0 saturated heterocycles. The van der Waals surface area contributed by atoms with Crippen molar-refractivity contribution in [2.24, 2.45) is 0 Å². The molecule has 1 atom stereocenters. The van der Waals surface area contributed by atoms with E-state index in [-0.39, 0.29) is 0 Å². The molecule has 5 heteroatoms. The molecule has 0 aromatic heterocycles. The summed E-state index contributed by atoms with van der Waals surface area (Å²) in [5, 5.41) is 0. The molecule has 0 aromatic carbocycles. The summed E-state index contributed by atoms with van der Waals surface area (Å²) in [6, 6.07) is 0. The number of thiol groups is 1. The first-order valence-corrected chi connectivity index (χ1v) is 7.87. The zero-order valence-corrected chi connectivity index (χ0v) is 10.0.